The number of hydrogen-bond donors (Lipinski definition) is 1. The van der Waals surface area contributed by atoms with E-state index in [1.54, 1.807) is 24.8 Å². The molecule has 0 heterocycles. The van der Waals surface area contributed by atoms with Gasteiger partial charge in [0.2, 0.25) is 26.0 Å². The molecule has 0 saturated heterocycles. The number of rotatable bonds is 9. The van der Waals surface area contributed by atoms with Crippen molar-refractivity contribution in [1.82, 2.24) is 9.62 Å². The molecule has 0 aliphatic rings. The van der Waals surface area contributed by atoms with Crippen molar-refractivity contribution in [3.63, 3.8) is 0 Å². The highest BCUT2D eigenvalue weighted by Gasteiger charge is 2.22. The average molecular weight is 420 g/mol. The summed E-state index contributed by atoms with van der Waals surface area (Å²) in [6, 6.07) is 2.98. The summed E-state index contributed by atoms with van der Waals surface area (Å²) in [5.41, 5.74) is 1.44. The highest BCUT2D eigenvalue weighted by atomic mass is 32.2. The first kappa shape index (κ1) is 23.4. The molecule has 0 unspecified atom stereocenters. The quantitative estimate of drug-likeness (QED) is 0.648. The Morgan fingerprint density at radius 1 is 1.04 bits per heavy atom. The van der Waals surface area contributed by atoms with Gasteiger partial charge < -0.3 is 4.90 Å². The highest BCUT2D eigenvalue weighted by molar-refractivity contribution is 7.92. The molecular weight excluding hydrogens is 390 g/mol. The Kier molecular flexibility index (Phi) is 7.82. The van der Waals surface area contributed by atoms with Gasteiger partial charge in [0, 0.05) is 33.1 Å². The summed E-state index contributed by atoms with van der Waals surface area (Å²) >= 11 is 0. The average Bonchev–Trinajstić information content (AvgIpc) is 2.54. The van der Waals surface area contributed by atoms with Gasteiger partial charge in [-0.15, -0.1) is 0 Å². The normalized spacial score (nSPS) is 12.1. The SMILES string of the molecule is CCN(CC)C(=O)CCNS(=O)(=O)c1cc(N(C)S(C)(=O)=O)c(C)cc1C. The monoisotopic (exact) mass is 419 g/mol. The maximum atomic E-state index is 12.7. The maximum Gasteiger partial charge on any atom is 0.240 e. The molecule has 27 heavy (non-hydrogen) atoms. The lowest BCUT2D eigenvalue weighted by molar-refractivity contribution is -0.130. The Morgan fingerprint density at radius 3 is 2.07 bits per heavy atom. The minimum Gasteiger partial charge on any atom is -0.343 e. The molecule has 1 aromatic carbocycles. The molecule has 1 amide bonds. The Hall–Kier alpha value is -1.65. The number of carbonyl (C=O) groups excluding carboxylic acids is 1. The van der Waals surface area contributed by atoms with E-state index in [2.05, 4.69) is 4.72 Å². The first-order valence-corrected chi connectivity index (χ1v) is 12.0. The third-order valence-corrected chi connectivity index (χ3v) is 7.16. The summed E-state index contributed by atoms with van der Waals surface area (Å²) in [4.78, 5) is 13.6. The number of anilines is 1. The number of hydrogen-bond acceptors (Lipinski definition) is 5. The lowest BCUT2D eigenvalue weighted by Gasteiger charge is -2.21. The lowest BCUT2D eigenvalue weighted by atomic mass is 10.1. The van der Waals surface area contributed by atoms with Gasteiger partial charge in [0.1, 0.15) is 0 Å². The minimum atomic E-state index is -3.89. The summed E-state index contributed by atoms with van der Waals surface area (Å²) in [5.74, 6) is -0.124. The fourth-order valence-electron chi connectivity index (χ4n) is 2.73. The Morgan fingerprint density at radius 2 is 1.59 bits per heavy atom. The molecule has 0 aliphatic heterocycles. The lowest BCUT2D eigenvalue weighted by Crippen LogP contribution is -2.34. The first-order chi connectivity index (χ1) is 12.3. The number of amides is 1. The van der Waals surface area contributed by atoms with E-state index in [0.29, 0.717) is 29.9 Å². The molecule has 0 spiro atoms. The molecule has 10 heteroatoms. The summed E-state index contributed by atoms with van der Waals surface area (Å²) < 4.78 is 52.5. The van der Waals surface area contributed by atoms with E-state index in [1.165, 1.54) is 13.1 Å². The van der Waals surface area contributed by atoms with Gasteiger partial charge in [-0.25, -0.2) is 21.6 Å². The van der Waals surface area contributed by atoms with Crippen LogP contribution < -0.4 is 9.03 Å². The van der Waals surface area contributed by atoms with Gasteiger partial charge in [0.15, 0.2) is 0 Å². The zero-order valence-corrected chi connectivity index (χ0v) is 18.4. The minimum absolute atomic E-state index is 0.00566. The summed E-state index contributed by atoms with van der Waals surface area (Å²) in [6.07, 6.45) is 1.11. The third kappa shape index (κ3) is 5.91. The Bertz CT molecular complexity index is 891. The van der Waals surface area contributed by atoms with Crippen molar-refractivity contribution in [2.75, 3.05) is 37.2 Å². The molecule has 0 saturated carbocycles. The number of nitrogens with one attached hydrogen (secondary N) is 1. The zero-order valence-electron chi connectivity index (χ0n) is 16.7. The van der Waals surface area contributed by atoms with Gasteiger partial charge >= 0.3 is 0 Å². The van der Waals surface area contributed by atoms with Crippen molar-refractivity contribution >= 4 is 31.6 Å². The molecule has 1 aromatic rings. The maximum absolute atomic E-state index is 12.7. The predicted octanol–water partition coefficient (Wildman–Crippen LogP) is 1.24. The summed E-state index contributed by atoms with van der Waals surface area (Å²) in [6.45, 7) is 8.20. The van der Waals surface area contributed by atoms with Crippen LogP contribution in [0.1, 0.15) is 31.4 Å². The molecule has 0 fully saturated rings. The van der Waals surface area contributed by atoms with Crippen molar-refractivity contribution in [2.24, 2.45) is 0 Å². The van der Waals surface area contributed by atoms with E-state index in [9.17, 15) is 21.6 Å². The summed E-state index contributed by atoms with van der Waals surface area (Å²) in [7, 11) is -6.04. The van der Waals surface area contributed by atoms with Gasteiger partial charge in [-0.05, 0) is 44.9 Å². The fraction of sp³-hybridized carbons (Fsp3) is 0.588. The predicted molar refractivity (Wildman–Crippen MR) is 107 cm³/mol. The van der Waals surface area contributed by atoms with Crippen molar-refractivity contribution in [1.29, 1.82) is 0 Å². The second-order valence-corrected chi connectivity index (χ2v) is 10.1. The van der Waals surface area contributed by atoms with Crippen molar-refractivity contribution in [3.05, 3.63) is 23.3 Å². The second kappa shape index (κ2) is 9.03. The second-order valence-electron chi connectivity index (χ2n) is 6.35. The van der Waals surface area contributed by atoms with Crippen LogP contribution in [-0.4, -0.2) is 60.6 Å². The van der Waals surface area contributed by atoms with E-state index in [1.807, 2.05) is 13.8 Å². The van der Waals surface area contributed by atoms with Gasteiger partial charge in [-0.2, -0.15) is 0 Å². The Labute approximate surface area is 162 Å². The van der Waals surface area contributed by atoms with Crippen LogP contribution in [0, 0.1) is 13.8 Å². The van der Waals surface area contributed by atoms with Gasteiger partial charge in [-0.3, -0.25) is 9.10 Å². The number of nitrogens with zero attached hydrogens (tertiary/aromatic N) is 2. The molecule has 1 N–H and O–H groups in total. The van der Waals surface area contributed by atoms with E-state index in [0.717, 1.165) is 10.6 Å². The molecule has 0 bridgehead atoms. The molecule has 0 aromatic heterocycles. The molecular formula is C17H29N3O5S2. The first-order valence-electron chi connectivity index (χ1n) is 8.67. The number of aryl methyl sites for hydroxylation is 2. The van der Waals surface area contributed by atoms with Crippen LogP contribution in [0.4, 0.5) is 5.69 Å². The molecule has 0 atom stereocenters. The molecule has 154 valence electrons. The molecule has 0 aliphatic carbocycles. The standard InChI is InChI=1S/C17H29N3O5S2/c1-7-20(8-2)17(21)9-10-18-27(24,25)16-12-15(13(3)11-14(16)4)19(5)26(6,22)23/h11-12,18H,7-10H2,1-6H3. The zero-order chi connectivity index (χ0) is 21.0. The van der Waals surface area contributed by atoms with Gasteiger partial charge in [-0.1, -0.05) is 6.07 Å². The van der Waals surface area contributed by atoms with Crippen LogP contribution in [0.2, 0.25) is 0 Å². The molecule has 8 nitrogen and oxygen atoms in total. The van der Waals surface area contributed by atoms with Crippen LogP contribution in [0.3, 0.4) is 0 Å². The Balaban J connectivity index is 3.08. The number of sulfonamides is 2. The molecule has 1 rings (SSSR count). The number of benzene rings is 1. The molecule has 0 radical (unpaired) electrons. The summed E-state index contributed by atoms with van der Waals surface area (Å²) in [5, 5.41) is 0. The van der Waals surface area contributed by atoms with Crippen LogP contribution in [0.15, 0.2) is 17.0 Å². The number of carbonyl (C=O) groups is 1. The van der Waals surface area contributed by atoms with E-state index in [4.69, 9.17) is 0 Å². The van der Waals surface area contributed by atoms with Crippen LogP contribution in [-0.2, 0) is 24.8 Å². The van der Waals surface area contributed by atoms with Crippen molar-refractivity contribution in [3.8, 4) is 0 Å². The largest absolute Gasteiger partial charge is 0.343 e. The van der Waals surface area contributed by atoms with E-state index < -0.39 is 20.0 Å². The van der Waals surface area contributed by atoms with E-state index >= 15 is 0 Å². The fourth-order valence-corrected chi connectivity index (χ4v) is 4.56. The van der Waals surface area contributed by atoms with Gasteiger partial charge in [0.05, 0.1) is 16.8 Å². The third-order valence-electron chi connectivity index (χ3n) is 4.37. The van der Waals surface area contributed by atoms with Crippen molar-refractivity contribution < 1.29 is 21.6 Å². The highest BCUT2D eigenvalue weighted by Crippen LogP contribution is 2.27. The van der Waals surface area contributed by atoms with Crippen LogP contribution in [0.25, 0.3) is 0 Å². The topological polar surface area (TPSA) is 104 Å². The van der Waals surface area contributed by atoms with E-state index in [-0.39, 0.29) is 23.8 Å². The van der Waals surface area contributed by atoms with Gasteiger partial charge in [0.25, 0.3) is 0 Å². The smallest absolute Gasteiger partial charge is 0.240 e. The van der Waals surface area contributed by atoms with Crippen LogP contribution >= 0.6 is 0 Å². The van der Waals surface area contributed by atoms with Crippen molar-refractivity contribution in [2.45, 2.75) is 39.0 Å². The van der Waals surface area contributed by atoms with Crippen LogP contribution in [0.5, 0.6) is 0 Å².